The highest BCUT2D eigenvalue weighted by Gasteiger charge is 2.43. The Morgan fingerprint density at radius 2 is 2.00 bits per heavy atom. The smallest absolute Gasteiger partial charge is 0.242 e. The summed E-state index contributed by atoms with van der Waals surface area (Å²) in [6.07, 6.45) is 5.53. The lowest BCUT2D eigenvalue weighted by Gasteiger charge is -2.31. The van der Waals surface area contributed by atoms with Gasteiger partial charge < -0.3 is 9.64 Å². The monoisotopic (exact) mass is 250 g/mol. The van der Waals surface area contributed by atoms with E-state index in [-0.39, 0.29) is 5.91 Å². The van der Waals surface area contributed by atoms with Crippen LogP contribution < -0.4 is 0 Å². The van der Waals surface area contributed by atoms with Crippen molar-refractivity contribution in [3.63, 3.8) is 0 Å². The summed E-state index contributed by atoms with van der Waals surface area (Å²) >= 11 is 0. The van der Waals surface area contributed by atoms with E-state index in [9.17, 15) is 10.1 Å². The fourth-order valence-corrected chi connectivity index (χ4v) is 3.12. The number of rotatable bonds is 3. The van der Waals surface area contributed by atoms with Crippen LogP contribution in [0.25, 0.3) is 0 Å². The number of nitriles is 1. The Morgan fingerprint density at radius 1 is 1.39 bits per heavy atom. The third kappa shape index (κ3) is 2.67. The second-order valence-corrected chi connectivity index (χ2v) is 5.64. The van der Waals surface area contributed by atoms with Crippen LogP contribution in [-0.2, 0) is 9.53 Å². The maximum atomic E-state index is 12.4. The Hall–Kier alpha value is -1.08. The van der Waals surface area contributed by atoms with Crippen molar-refractivity contribution >= 4 is 5.91 Å². The van der Waals surface area contributed by atoms with Gasteiger partial charge in [0.15, 0.2) is 0 Å². The first-order chi connectivity index (χ1) is 8.68. The molecular weight excluding hydrogens is 228 g/mol. The van der Waals surface area contributed by atoms with Crippen molar-refractivity contribution < 1.29 is 9.53 Å². The first-order valence-corrected chi connectivity index (χ1v) is 6.92. The molecule has 4 heteroatoms. The fraction of sp³-hybridized carbons (Fsp3) is 0.857. The highest BCUT2D eigenvalue weighted by atomic mass is 16.5. The molecule has 0 spiro atoms. The highest BCUT2D eigenvalue weighted by molar-refractivity contribution is 5.85. The van der Waals surface area contributed by atoms with Crippen molar-refractivity contribution in [3.05, 3.63) is 0 Å². The number of carbonyl (C=O) groups is 1. The van der Waals surface area contributed by atoms with E-state index in [1.54, 1.807) is 4.90 Å². The normalized spacial score (nSPS) is 23.6. The molecule has 1 aliphatic heterocycles. The minimum atomic E-state index is -0.722. The number of nitrogens with zero attached hydrogens (tertiary/aromatic N) is 2. The van der Waals surface area contributed by atoms with Crippen LogP contribution in [0, 0.1) is 22.7 Å². The van der Waals surface area contributed by atoms with E-state index < -0.39 is 5.41 Å². The van der Waals surface area contributed by atoms with Crippen LogP contribution in [0.5, 0.6) is 0 Å². The molecule has 1 saturated carbocycles. The lowest BCUT2D eigenvalue weighted by Crippen LogP contribution is -2.42. The Kier molecular flexibility index (Phi) is 4.23. The first-order valence-electron chi connectivity index (χ1n) is 6.92. The summed E-state index contributed by atoms with van der Waals surface area (Å²) in [5, 5.41) is 9.32. The molecule has 1 saturated heterocycles. The summed E-state index contributed by atoms with van der Waals surface area (Å²) in [4.78, 5) is 14.2. The van der Waals surface area contributed by atoms with Gasteiger partial charge in [-0.15, -0.1) is 0 Å². The Bertz CT molecular complexity index is 336. The second kappa shape index (κ2) is 5.71. The van der Waals surface area contributed by atoms with Gasteiger partial charge in [-0.2, -0.15) is 5.26 Å². The molecule has 4 nitrogen and oxygen atoms in total. The molecule has 1 heterocycles. The summed E-state index contributed by atoms with van der Waals surface area (Å²) in [5.74, 6) is 0.568. The SMILES string of the molecule is CN(CC1CCOCC1)C(=O)C1(C#N)CCCC1. The molecule has 1 aliphatic carbocycles. The lowest BCUT2D eigenvalue weighted by molar-refractivity contribution is -0.138. The molecule has 2 aliphatic rings. The molecule has 1 amide bonds. The van der Waals surface area contributed by atoms with E-state index in [0.717, 1.165) is 58.3 Å². The van der Waals surface area contributed by atoms with Gasteiger partial charge >= 0.3 is 0 Å². The average Bonchev–Trinajstić information content (AvgIpc) is 2.89. The third-order valence-corrected chi connectivity index (χ3v) is 4.30. The zero-order valence-electron chi connectivity index (χ0n) is 11.2. The Balaban J connectivity index is 1.93. The molecule has 0 atom stereocenters. The van der Waals surface area contributed by atoms with Crippen LogP contribution in [0.3, 0.4) is 0 Å². The number of hydrogen-bond acceptors (Lipinski definition) is 3. The second-order valence-electron chi connectivity index (χ2n) is 5.64. The van der Waals surface area contributed by atoms with Crippen molar-refractivity contribution in [2.24, 2.45) is 11.3 Å². The molecule has 2 fully saturated rings. The highest BCUT2D eigenvalue weighted by Crippen LogP contribution is 2.39. The summed E-state index contributed by atoms with van der Waals surface area (Å²) in [7, 11) is 1.84. The molecule has 0 radical (unpaired) electrons. The van der Waals surface area contributed by atoms with Gasteiger partial charge in [-0.1, -0.05) is 12.8 Å². The quantitative estimate of drug-likeness (QED) is 0.769. The van der Waals surface area contributed by atoms with Crippen molar-refractivity contribution in [1.82, 2.24) is 4.90 Å². The van der Waals surface area contributed by atoms with Gasteiger partial charge in [-0.05, 0) is 31.6 Å². The van der Waals surface area contributed by atoms with E-state index in [1.807, 2.05) is 7.05 Å². The molecular formula is C14H22N2O2. The minimum absolute atomic E-state index is 0.0361. The van der Waals surface area contributed by atoms with Crippen molar-refractivity contribution in [2.75, 3.05) is 26.8 Å². The predicted octanol–water partition coefficient (Wildman–Crippen LogP) is 1.96. The van der Waals surface area contributed by atoms with E-state index >= 15 is 0 Å². The van der Waals surface area contributed by atoms with E-state index in [1.165, 1.54) is 0 Å². The van der Waals surface area contributed by atoms with Crippen LogP contribution in [0.1, 0.15) is 38.5 Å². The summed E-state index contributed by atoms with van der Waals surface area (Å²) in [6.45, 7) is 2.37. The molecule has 0 aromatic heterocycles. The zero-order chi connectivity index (χ0) is 13.0. The van der Waals surface area contributed by atoms with Gasteiger partial charge in [0.25, 0.3) is 0 Å². The Labute approximate surface area is 109 Å². The van der Waals surface area contributed by atoms with E-state index in [4.69, 9.17) is 4.74 Å². The van der Waals surface area contributed by atoms with Crippen LogP contribution in [0.15, 0.2) is 0 Å². The summed E-state index contributed by atoms with van der Waals surface area (Å²) in [5.41, 5.74) is -0.722. The molecule has 18 heavy (non-hydrogen) atoms. The van der Waals surface area contributed by atoms with Gasteiger partial charge in [0.05, 0.1) is 6.07 Å². The maximum Gasteiger partial charge on any atom is 0.242 e. The van der Waals surface area contributed by atoms with E-state index in [0.29, 0.717) is 5.92 Å². The molecule has 0 aromatic carbocycles. The van der Waals surface area contributed by atoms with Gasteiger partial charge in [0.1, 0.15) is 5.41 Å². The van der Waals surface area contributed by atoms with Crippen molar-refractivity contribution in [2.45, 2.75) is 38.5 Å². The van der Waals surface area contributed by atoms with Crippen LogP contribution >= 0.6 is 0 Å². The number of amides is 1. The topological polar surface area (TPSA) is 53.3 Å². The third-order valence-electron chi connectivity index (χ3n) is 4.30. The predicted molar refractivity (Wildman–Crippen MR) is 67.7 cm³/mol. The number of ether oxygens (including phenoxy) is 1. The van der Waals surface area contributed by atoms with Crippen molar-refractivity contribution in [1.29, 1.82) is 5.26 Å². The largest absolute Gasteiger partial charge is 0.381 e. The maximum absolute atomic E-state index is 12.4. The standard InChI is InChI=1S/C14H22N2O2/c1-16(10-12-4-8-18-9-5-12)13(17)14(11-15)6-2-3-7-14/h12H,2-10H2,1H3. The zero-order valence-corrected chi connectivity index (χ0v) is 11.2. The first kappa shape index (κ1) is 13.4. The van der Waals surface area contributed by atoms with Crippen LogP contribution in [-0.4, -0.2) is 37.6 Å². The van der Waals surface area contributed by atoms with Crippen LogP contribution in [0.2, 0.25) is 0 Å². The fourth-order valence-electron chi connectivity index (χ4n) is 3.12. The molecule has 0 aromatic rings. The molecule has 0 unspecified atom stereocenters. The van der Waals surface area contributed by atoms with Gasteiger partial charge in [-0.3, -0.25) is 4.79 Å². The number of hydrogen-bond donors (Lipinski definition) is 0. The Morgan fingerprint density at radius 3 is 2.56 bits per heavy atom. The lowest BCUT2D eigenvalue weighted by atomic mass is 9.86. The van der Waals surface area contributed by atoms with Gasteiger partial charge in [0.2, 0.25) is 5.91 Å². The summed E-state index contributed by atoms with van der Waals surface area (Å²) < 4.78 is 5.33. The molecule has 2 rings (SSSR count). The number of carbonyl (C=O) groups excluding carboxylic acids is 1. The minimum Gasteiger partial charge on any atom is -0.381 e. The van der Waals surface area contributed by atoms with E-state index in [2.05, 4.69) is 6.07 Å². The average molecular weight is 250 g/mol. The molecule has 0 bridgehead atoms. The van der Waals surface area contributed by atoms with Crippen LogP contribution in [0.4, 0.5) is 0 Å². The van der Waals surface area contributed by atoms with Gasteiger partial charge in [-0.25, -0.2) is 0 Å². The summed E-state index contributed by atoms with van der Waals surface area (Å²) in [6, 6.07) is 2.28. The molecule has 100 valence electrons. The van der Waals surface area contributed by atoms with Crippen molar-refractivity contribution in [3.8, 4) is 6.07 Å². The molecule has 0 N–H and O–H groups in total. The van der Waals surface area contributed by atoms with Gasteiger partial charge in [0, 0.05) is 26.8 Å².